The largest absolute Gasteiger partial charge is 0.485 e. The third kappa shape index (κ3) is 4.24. The van der Waals surface area contributed by atoms with Crippen LogP contribution in [0.25, 0.3) is 11.3 Å². The summed E-state index contributed by atoms with van der Waals surface area (Å²) in [5.41, 5.74) is 5.25. The summed E-state index contributed by atoms with van der Waals surface area (Å²) in [7, 11) is 0. The van der Waals surface area contributed by atoms with Crippen LogP contribution in [-0.4, -0.2) is 24.1 Å². The molecule has 0 N–H and O–H groups in total. The molecule has 2 aromatic carbocycles. The molecule has 0 radical (unpaired) electrons. The monoisotopic (exact) mass is 441 g/mol. The number of imidazole rings is 1. The van der Waals surface area contributed by atoms with Crippen LogP contribution in [0.4, 0.5) is 0 Å². The van der Waals surface area contributed by atoms with Crippen molar-refractivity contribution in [2.75, 3.05) is 0 Å². The second-order valence-electron chi connectivity index (χ2n) is 7.62. The molecule has 3 heterocycles. The van der Waals surface area contributed by atoms with E-state index in [9.17, 15) is 0 Å². The molecule has 0 aliphatic rings. The SMILES string of the molecule is Cc1ccc2nc(CSc3nnc(COc4ccccc4C)n3-c3ccccc3)cn2c1. The summed E-state index contributed by atoms with van der Waals surface area (Å²) >= 11 is 1.62. The number of thioether (sulfide) groups is 1. The predicted molar refractivity (Wildman–Crippen MR) is 126 cm³/mol. The Bertz CT molecular complexity index is 1360. The molecule has 0 amide bonds. The van der Waals surface area contributed by atoms with Crippen molar-refractivity contribution in [2.45, 2.75) is 31.4 Å². The lowest BCUT2D eigenvalue weighted by molar-refractivity contribution is 0.291. The van der Waals surface area contributed by atoms with Crippen LogP contribution in [0.15, 0.2) is 84.3 Å². The van der Waals surface area contributed by atoms with Crippen molar-refractivity contribution >= 4 is 17.4 Å². The Balaban J connectivity index is 1.40. The van der Waals surface area contributed by atoms with E-state index in [0.717, 1.165) is 39.3 Å². The lowest BCUT2D eigenvalue weighted by Gasteiger charge is -2.12. The van der Waals surface area contributed by atoms with E-state index in [1.165, 1.54) is 5.56 Å². The highest BCUT2D eigenvalue weighted by molar-refractivity contribution is 7.98. The molecule has 0 spiro atoms. The normalized spacial score (nSPS) is 11.2. The number of benzene rings is 2. The van der Waals surface area contributed by atoms with E-state index in [0.29, 0.717) is 12.4 Å². The smallest absolute Gasteiger partial charge is 0.196 e. The first-order valence-electron chi connectivity index (χ1n) is 10.4. The first-order chi connectivity index (χ1) is 15.7. The third-order valence-electron chi connectivity index (χ3n) is 5.16. The number of nitrogens with zero attached hydrogens (tertiary/aromatic N) is 5. The van der Waals surface area contributed by atoms with Crippen molar-refractivity contribution in [3.63, 3.8) is 0 Å². The Morgan fingerprint density at radius 2 is 1.69 bits per heavy atom. The average Bonchev–Trinajstić information content (AvgIpc) is 3.40. The van der Waals surface area contributed by atoms with Gasteiger partial charge in [-0.25, -0.2) is 4.98 Å². The Morgan fingerprint density at radius 1 is 0.875 bits per heavy atom. The van der Waals surface area contributed by atoms with Gasteiger partial charge < -0.3 is 9.14 Å². The number of pyridine rings is 1. The zero-order valence-corrected chi connectivity index (χ0v) is 18.8. The highest BCUT2D eigenvalue weighted by Crippen LogP contribution is 2.26. The highest BCUT2D eigenvalue weighted by Gasteiger charge is 2.16. The van der Waals surface area contributed by atoms with E-state index in [4.69, 9.17) is 9.72 Å². The Morgan fingerprint density at radius 3 is 2.53 bits per heavy atom. The summed E-state index contributed by atoms with van der Waals surface area (Å²) in [6.07, 6.45) is 4.16. The second-order valence-corrected chi connectivity index (χ2v) is 8.56. The number of aromatic nitrogens is 5. The maximum absolute atomic E-state index is 6.06. The number of para-hydroxylation sites is 2. The van der Waals surface area contributed by atoms with Crippen LogP contribution in [0.1, 0.15) is 22.6 Å². The van der Waals surface area contributed by atoms with Crippen LogP contribution in [0, 0.1) is 13.8 Å². The number of fused-ring (bicyclic) bond motifs is 1. The van der Waals surface area contributed by atoms with E-state index in [2.05, 4.69) is 56.7 Å². The molecule has 160 valence electrons. The quantitative estimate of drug-likeness (QED) is 0.316. The molecule has 0 aliphatic carbocycles. The summed E-state index contributed by atoms with van der Waals surface area (Å²) < 4.78 is 10.2. The van der Waals surface area contributed by atoms with Crippen molar-refractivity contribution in [3.8, 4) is 11.4 Å². The summed E-state index contributed by atoms with van der Waals surface area (Å²) in [5, 5.41) is 9.73. The number of hydrogen-bond acceptors (Lipinski definition) is 5. The Kier molecular flexibility index (Phi) is 5.64. The van der Waals surface area contributed by atoms with Gasteiger partial charge in [0.05, 0.1) is 5.69 Å². The van der Waals surface area contributed by atoms with Gasteiger partial charge in [0.25, 0.3) is 0 Å². The lowest BCUT2D eigenvalue weighted by Crippen LogP contribution is -2.07. The predicted octanol–water partition coefficient (Wildman–Crippen LogP) is 5.40. The van der Waals surface area contributed by atoms with Gasteiger partial charge >= 0.3 is 0 Å². The molecule has 5 rings (SSSR count). The van der Waals surface area contributed by atoms with Crippen LogP contribution < -0.4 is 4.74 Å². The fourth-order valence-corrected chi connectivity index (χ4v) is 4.40. The molecular weight excluding hydrogens is 418 g/mol. The molecule has 6 nitrogen and oxygen atoms in total. The van der Waals surface area contributed by atoms with Gasteiger partial charge in [-0.1, -0.05) is 54.2 Å². The minimum Gasteiger partial charge on any atom is -0.485 e. The van der Waals surface area contributed by atoms with E-state index in [1.807, 2.05) is 55.5 Å². The molecular formula is C25H23N5OS. The van der Waals surface area contributed by atoms with Gasteiger partial charge in [0.2, 0.25) is 0 Å². The minimum absolute atomic E-state index is 0.334. The number of hydrogen-bond donors (Lipinski definition) is 0. The van der Waals surface area contributed by atoms with E-state index in [-0.39, 0.29) is 0 Å². The fraction of sp³-hybridized carbons (Fsp3) is 0.160. The van der Waals surface area contributed by atoms with Crippen LogP contribution in [0.5, 0.6) is 5.75 Å². The van der Waals surface area contributed by atoms with Gasteiger partial charge in [0.15, 0.2) is 11.0 Å². The summed E-state index contributed by atoms with van der Waals surface area (Å²) in [6.45, 7) is 4.45. The van der Waals surface area contributed by atoms with Crippen molar-refractivity contribution < 1.29 is 4.74 Å². The van der Waals surface area contributed by atoms with E-state index >= 15 is 0 Å². The number of ether oxygens (including phenoxy) is 1. The van der Waals surface area contributed by atoms with Gasteiger partial charge in [-0.2, -0.15) is 0 Å². The van der Waals surface area contributed by atoms with Gasteiger partial charge in [-0.15, -0.1) is 10.2 Å². The molecule has 3 aromatic heterocycles. The molecule has 0 fully saturated rings. The molecule has 0 saturated carbocycles. The van der Waals surface area contributed by atoms with Gasteiger partial charge in [-0.05, 0) is 49.2 Å². The molecule has 0 atom stereocenters. The standard InChI is InChI=1S/C25H23N5OS/c1-18-12-13-23-26-20(15-29(23)14-18)17-32-25-28-27-24(30(25)21-9-4-3-5-10-21)16-31-22-11-7-6-8-19(22)2/h3-15H,16-17H2,1-2H3. The van der Waals surface area contributed by atoms with Crippen molar-refractivity contribution in [1.82, 2.24) is 24.1 Å². The fourth-order valence-electron chi connectivity index (χ4n) is 3.55. The molecule has 32 heavy (non-hydrogen) atoms. The van der Waals surface area contributed by atoms with Crippen LogP contribution in [0.2, 0.25) is 0 Å². The Hall–Kier alpha value is -3.58. The van der Waals surface area contributed by atoms with Gasteiger partial charge in [-0.3, -0.25) is 4.57 Å². The Labute approximate surface area is 190 Å². The molecule has 0 unspecified atom stereocenters. The number of rotatable bonds is 7. The van der Waals surface area contributed by atoms with E-state index < -0.39 is 0 Å². The van der Waals surface area contributed by atoms with Crippen LogP contribution in [-0.2, 0) is 12.4 Å². The van der Waals surface area contributed by atoms with Gasteiger partial charge in [0.1, 0.15) is 18.0 Å². The van der Waals surface area contributed by atoms with Crippen molar-refractivity contribution in [1.29, 1.82) is 0 Å². The van der Waals surface area contributed by atoms with Gasteiger partial charge in [0, 0.05) is 23.8 Å². The summed E-state index contributed by atoms with van der Waals surface area (Å²) in [6, 6.07) is 22.2. The topological polar surface area (TPSA) is 57.2 Å². The maximum atomic E-state index is 6.06. The summed E-state index contributed by atoms with van der Waals surface area (Å²) in [4.78, 5) is 4.72. The van der Waals surface area contributed by atoms with E-state index in [1.54, 1.807) is 11.8 Å². The zero-order valence-electron chi connectivity index (χ0n) is 18.0. The second kappa shape index (κ2) is 8.88. The molecule has 0 bridgehead atoms. The average molecular weight is 442 g/mol. The van der Waals surface area contributed by atoms with Crippen molar-refractivity contribution in [2.24, 2.45) is 0 Å². The molecule has 5 aromatic rings. The maximum Gasteiger partial charge on any atom is 0.196 e. The lowest BCUT2D eigenvalue weighted by atomic mass is 10.2. The molecule has 0 saturated heterocycles. The number of aryl methyl sites for hydroxylation is 2. The minimum atomic E-state index is 0.334. The first kappa shape index (κ1) is 20.3. The van der Waals surface area contributed by atoms with Crippen LogP contribution >= 0.6 is 11.8 Å². The third-order valence-corrected chi connectivity index (χ3v) is 6.13. The zero-order chi connectivity index (χ0) is 21.9. The van der Waals surface area contributed by atoms with Crippen molar-refractivity contribution in [3.05, 3.63) is 102 Å². The molecule has 0 aliphatic heterocycles. The van der Waals surface area contributed by atoms with Crippen LogP contribution in [0.3, 0.4) is 0 Å². The highest BCUT2D eigenvalue weighted by atomic mass is 32.2. The molecule has 7 heteroatoms. The first-order valence-corrected chi connectivity index (χ1v) is 11.4. The summed E-state index contributed by atoms with van der Waals surface area (Å²) in [5.74, 6) is 2.31.